The van der Waals surface area contributed by atoms with Crippen LogP contribution in [0.25, 0.3) is 11.0 Å². The van der Waals surface area contributed by atoms with Crippen molar-refractivity contribution in [3.8, 4) is 5.75 Å². The fourth-order valence-corrected chi connectivity index (χ4v) is 3.96. The molecule has 0 aliphatic carbocycles. The molecule has 0 bridgehead atoms. The highest BCUT2D eigenvalue weighted by atomic mass is 16.5. The molecule has 0 fully saturated rings. The van der Waals surface area contributed by atoms with Crippen molar-refractivity contribution < 1.29 is 23.9 Å². The largest absolute Gasteiger partial charge is 0.491 e. The van der Waals surface area contributed by atoms with E-state index in [9.17, 15) is 9.59 Å². The summed E-state index contributed by atoms with van der Waals surface area (Å²) in [4.78, 5) is 25.8. The van der Waals surface area contributed by atoms with Crippen LogP contribution in [0.3, 0.4) is 0 Å². The molecule has 3 N–H and O–H groups in total. The van der Waals surface area contributed by atoms with Crippen molar-refractivity contribution in [1.29, 1.82) is 0 Å². The lowest BCUT2D eigenvalue weighted by Gasteiger charge is -2.12. The lowest BCUT2D eigenvalue weighted by molar-refractivity contribution is -0.676. The van der Waals surface area contributed by atoms with Crippen LogP contribution in [-0.2, 0) is 30.9 Å². The zero-order valence-corrected chi connectivity index (χ0v) is 20.1. The van der Waals surface area contributed by atoms with Crippen LogP contribution in [0, 0.1) is 0 Å². The second kappa shape index (κ2) is 11.8. The van der Waals surface area contributed by atoms with E-state index in [0.717, 1.165) is 23.4 Å². The van der Waals surface area contributed by atoms with Crippen molar-refractivity contribution in [1.82, 2.24) is 14.0 Å². The standard InChI is InChI=1S/C24H34N5O5/c1-4-28-20-7-6-19(34-14-11-30)15-21(20)29(22(28)16-25)10-13-33-12-9-27-17-18(5-8-23(27)31)24(32)26(2)3/h5-8,15,17,30H,4,9-14,16,25H2,1-3H3/q+1. The van der Waals surface area contributed by atoms with E-state index in [4.69, 9.17) is 20.3 Å². The molecule has 0 saturated carbocycles. The van der Waals surface area contributed by atoms with Crippen LogP contribution in [0.1, 0.15) is 23.1 Å². The molecule has 3 rings (SSSR count). The number of benzene rings is 1. The molecule has 2 aromatic heterocycles. The van der Waals surface area contributed by atoms with Crippen molar-refractivity contribution in [3.05, 3.63) is 58.3 Å². The SMILES string of the molecule is CC[n+]1c(CN)n(CCOCCn2cc(C(=O)N(C)C)ccc2=O)c2cc(OCCO)ccc21. The van der Waals surface area contributed by atoms with Crippen molar-refractivity contribution in [3.63, 3.8) is 0 Å². The van der Waals surface area contributed by atoms with Gasteiger partial charge in [0.1, 0.15) is 18.9 Å². The molecule has 184 valence electrons. The Labute approximate surface area is 198 Å². The highest BCUT2D eigenvalue weighted by Crippen LogP contribution is 2.21. The number of rotatable bonds is 12. The predicted octanol–water partition coefficient (Wildman–Crippen LogP) is 0.359. The molecule has 0 spiro atoms. The number of fused-ring (bicyclic) bond motifs is 1. The van der Waals surface area contributed by atoms with Crippen LogP contribution >= 0.6 is 0 Å². The Balaban J connectivity index is 1.69. The van der Waals surface area contributed by atoms with Gasteiger partial charge in [-0.1, -0.05) is 0 Å². The smallest absolute Gasteiger partial charge is 0.271 e. The summed E-state index contributed by atoms with van der Waals surface area (Å²) in [5.74, 6) is 1.50. The Bertz CT molecular complexity index is 1180. The van der Waals surface area contributed by atoms with Crippen LogP contribution in [0.15, 0.2) is 41.3 Å². The van der Waals surface area contributed by atoms with Gasteiger partial charge in [-0.3, -0.25) is 9.59 Å². The molecule has 0 aliphatic heterocycles. The highest BCUT2D eigenvalue weighted by Gasteiger charge is 2.23. The fraction of sp³-hybridized carbons (Fsp3) is 0.458. The Hall–Kier alpha value is -3.21. The van der Waals surface area contributed by atoms with Gasteiger partial charge in [-0.15, -0.1) is 0 Å². The number of aliphatic hydroxyl groups excluding tert-OH is 1. The summed E-state index contributed by atoms with van der Waals surface area (Å²) in [5, 5.41) is 9.04. The number of ether oxygens (including phenoxy) is 2. The third-order valence-electron chi connectivity index (χ3n) is 5.58. The van der Waals surface area contributed by atoms with Gasteiger partial charge >= 0.3 is 0 Å². The van der Waals surface area contributed by atoms with Crippen molar-refractivity contribution in [2.75, 3.05) is 40.5 Å². The monoisotopic (exact) mass is 472 g/mol. The summed E-state index contributed by atoms with van der Waals surface area (Å²) in [6, 6.07) is 8.77. The average Bonchev–Trinajstić information content (AvgIpc) is 3.14. The van der Waals surface area contributed by atoms with Gasteiger partial charge < -0.3 is 29.8 Å². The van der Waals surface area contributed by atoms with E-state index in [1.165, 1.54) is 21.6 Å². The molecule has 0 unspecified atom stereocenters. The number of nitrogens with two attached hydrogens (primary N) is 1. The fourth-order valence-electron chi connectivity index (χ4n) is 3.96. The number of aliphatic hydroxyl groups is 1. The molecule has 0 aliphatic rings. The van der Waals surface area contributed by atoms with E-state index >= 15 is 0 Å². The zero-order valence-electron chi connectivity index (χ0n) is 20.1. The summed E-state index contributed by atoms with van der Waals surface area (Å²) in [6.45, 7) is 5.07. The molecule has 3 aromatic rings. The number of pyridine rings is 1. The summed E-state index contributed by atoms with van der Waals surface area (Å²) in [5.41, 5.74) is 8.38. The van der Waals surface area contributed by atoms with Crippen molar-refractivity contribution >= 4 is 16.9 Å². The third-order valence-corrected chi connectivity index (χ3v) is 5.58. The van der Waals surface area contributed by atoms with Gasteiger partial charge in [0.05, 0.1) is 38.5 Å². The van der Waals surface area contributed by atoms with Crippen molar-refractivity contribution in [2.24, 2.45) is 5.73 Å². The maximum atomic E-state index is 12.2. The maximum Gasteiger partial charge on any atom is 0.271 e. The molecule has 10 heteroatoms. The Morgan fingerprint density at radius 1 is 1.15 bits per heavy atom. The zero-order chi connectivity index (χ0) is 24.7. The lowest BCUT2D eigenvalue weighted by atomic mass is 10.2. The van der Waals surface area contributed by atoms with Gasteiger partial charge in [-0.2, -0.15) is 0 Å². The van der Waals surface area contributed by atoms with Crippen LogP contribution in [0.4, 0.5) is 0 Å². The first kappa shape index (κ1) is 25.4. The third kappa shape index (κ3) is 5.64. The van der Waals surface area contributed by atoms with Gasteiger partial charge in [0.15, 0.2) is 11.0 Å². The summed E-state index contributed by atoms with van der Waals surface area (Å²) in [7, 11) is 3.34. The summed E-state index contributed by atoms with van der Waals surface area (Å²) < 4.78 is 17.2. The normalized spacial score (nSPS) is 11.2. The minimum atomic E-state index is -0.180. The Morgan fingerprint density at radius 3 is 2.59 bits per heavy atom. The second-order valence-corrected chi connectivity index (χ2v) is 8.00. The van der Waals surface area contributed by atoms with Gasteiger partial charge in [0, 0.05) is 39.0 Å². The number of imidazole rings is 1. The van der Waals surface area contributed by atoms with E-state index in [-0.39, 0.29) is 24.7 Å². The van der Waals surface area contributed by atoms with Crippen LogP contribution in [0.2, 0.25) is 0 Å². The minimum Gasteiger partial charge on any atom is -0.491 e. The molecule has 0 saturated heterocycles. The van der Waals surface area contributed by atoms with Gasteiger partial charge in [0.25, 0.3) is 17.3 Å². The van der Waals surface area contributed by atoms with Gasteiger partial charge in [-0.05, 0) is 25.1 Å². The van der Waals surface area contributed by atoms with E-state index in [2.05, 4.69) is 16.1 Å². The molecule has 2 heterocycles. The van der Waals surface area contributed by atoms with Crippen LogP contribution in [0.5, 0.6) is 5.75 Å². The van der Waals surface area contributed by atoms with Crippen LogP contribution in [-0.4, -0.2) is 65.6 Å². The first-order chi connectivity index (χ1) is 16.4. The molecular weight excluding hydrogens is 438 g/mol. The topological polar surface area (TPSA) is 116 Å². The molecule has 1 aromatic carbocycles. The number of aromatic nitrogens is 3. The number of hydrogen-bond donors (Lipinski definition) is 2. The maximum absolute atomic E-state index is 12.2. The van der Waals surface area contributed by atoms with Gasteiger partial charge in [0.2, 0.25) is 0 Å². The minimum absolute atomic E-state index is 0.0504. The van der Waals surface area contributed by atoms with E-state index < -0.39 is 0 Å². The quantitative estimate of drug-likeness (QED) is 0.291. The van der Waals surface area contributed by atoms with Crippen molar-refractivity contribution in [2.45, 2.75) is 33.1 Å². The first-order valence-corrected chi connectivity index (χ1v) is 11.4. The molecule has 0 radical (unpaired) electrons. The summed E-state index contributed by atoms with van der Waals surface area (Å²) >= 11 is 0. The number of carbonyl (C=O) groups excluding carboxylic acids is 1. The molecular formula is C24H34N5O5+. The lowest BCUT2D eigenvalue weighted by Crippen LogP contribution is -2.38. The number of hydrogen-bond acceptors (Lipinski definition) is 6. The number of nitrogens with zero attached hydrogens (tertiary/aromatic N) is 4. The number of carbonyl (C=O) groups is 1. The Kier molecular flexibility index (Phi) is 8.80. The Morgan fingerprint density at radius 2 is 1.91 bits per heavy atom. The first-order valence-electron chi connectivity index (χ1n) is 11.4. The summed E-state index contributed by atoms with van der Waals surface area (Å²) in [6.07, 6.45) is 1.57. The number of aryl methyl sites for hydroxylation is 1. The average molecular weight is 473 g/mol. The molecule has 1 amide bonds. The second-order valence-electron chi connectivity index (χ2n) is 8.00. The van der Waals surface area contributed by atoms with E-state index in [1.807, 2.05) is 18.2 Å². The highest BCUT2D eigenvalue weighted by molar-refractivity contribution is 5.93. The molecule has 10 nitrogen and oxygen atoms in total. The van der Waals surface area contributed by atoms with E-state index in [1.54, 1.807) is 20.3 Å². The van der Waals surface area contributed by atoms with Crippen LogP contribution < -0.4 is 20.6 Å². The number of amides is 1. The van der Waals surface area contributed by atoms with Gasteiger partial charge in [-0.25, -0.2) is 9.13 Å². The molecule has 34 heavy (non-hydrogen) atoms. The predicted molar refractivity (Wildman–Crippen MR) is 128 cm³/mol. The molecule has 0 atom stereocenters. The van der Waals surface area contributed by atoms with E-state index in [0.29, 0.717) is 44.2 Å².